The number of ether oxygens (including phenoxy) is 1. The molecule has 3 aliphatic heterocycles. The Morgan fingerprint density at radius 2 is 1.95 bits per heavy atom. The maximum Gasteiger partial charge on any atom is 0.411 e. The molecule has 1 amide bonds. The highest BCUT2D eigenvalue weighted by Gasteiger charge is 2.36. The van der Waals surface area contributed by atoms with E-state index < -0.39 is 0 Å². The summed E-state index contributed by atoms with van der Waals surface area (Å²) in [5.74, 6) is 0.549. The zero-order valence-electron chi connectivity index (χ0n) is 10.6. The second kappa shape index (κ2) is 5.66. The first-order valence-corrected chi connectivity index (χ1v) is 7.74. The molecule has 1 aromatic carbocycles. The fourth-order valence-corrected chi connectivity index (χ4v) is 3.22. The maximum atomic E-state index is 11.9. The zero-order chi connectivity index (χ0) is 13.2. The average molecular weight is 372 g/mol. The Labute approximate surface area is 126 Å². The molecule has 4 rings (SSSR count). The van der Waals surface area contributed by atoms with Crippen LogP contribution in [-0.4, -0.2) is 36.7 Å². The van der Waals surface area contributed by atoms with Crippen molar-refractivity contribution in [2.75, 3.05) is 25.0 Å². The minimum absolute atomic E-state index is 0.0614. The number of nitrogens with one attached hydrogen (secondary N) is 1. The predicted molar refractivity (Wildman–Crippen MR) is 82.2 cm³/mol. The van der Waals surface area contributed by atoms with Crippen molar-refractivity contribution in [3.05, 3.63) is 27.8 Å². The Hall–Kier alpha value is -0.820. The number of hydrogen-bond donors (Lipinski definition) is 1. The lowest BCUT2D eigenvalue weighted by atomic mass is 9.86. The molecule has 0 aliphatic carbocycles. The summed E-state index contributed by atoms with van der Waals surface area (Å²) in [5.41, 5.74) is 0.784. The predicted octanol–water partition coefficient (Wildman–Crippen LogP) is 2.93. The molecule has 1 aromatic rings. The summed E-state index contributed by atoms with van der Waals surface area (Å²) in [6, 6.07) is 7.70. The van der Waals surface area contributed by atoms with Crippen LogP contribution in [0, 0.1) is 9.49 Å². The largest absolute Gasteiger partial charge is 0.444 e. The third-order valence-electron chi connectivity index (χ3n) is 3.95. The zero-order valence-corrected chi connectivity index (χ0v) is 12.8. The van der Waals surface area contributed by atoms with Gasteiger partial charge in [0.15, 0.2) is 0 Å². The molecule has 0 saturated carbocycles. The van der Waals surface area contributed by atoms with E-state index in [9.17, 15) is 4.79 Å². The Morgan fingerprint density at radius 3 is 2.53 bits per heavy atom. The molecule has 4 nitrogen and oxygen atoms in total. The molecule has 102 valence electrons. The van der Waals surface area contributed by atoms with Crippen LogP contribution in [0.4, 0.5) is 10.5 Å². The van der Waals surface area contributed by atoms with E-state index in [1.165, 1.54) is 0 Å². The van der Waals surface area contributed by atoms with Gasteiger partial charge in [0.2, 0.25) is 0 Å². The van der Waals surface area contributed by atoms with Gasteiger partial charge in [0.05, 0.1) is 0 Å². The molecule has 3 fully saturated rings. The maximum absolute atomic E-state index is 11.9. The lowest BCUT2D eigenvalue weighted by Crippen LogP contribution is -2.52. The summed E-state index contributed by atoms with van der Waals surface area (Å²) < 4.78 is 6.71. The van der Waals surface area contributed by atoms with Crippen LogP contribution < -0.4 is 5.32 Å². The summed E-state index contributed by atoms with van der Waals surface area (Å²) in [4.78, 5) is 14.3. The van der Waals surface area contributed by atoms with Crippen LogP contribution in [0.5, 0.6) is 0 Å². The van der Waals surface area contributed by atoms with Crippen LogP contribution >= 0.6 is 22.6 Å². The van der Waals surface area contributed by atoms with Gasteiger partial charge in [-0.2, -0.15) is 0 Å². The quantitative estimate of drug-likeness (QED) is 0.812. The third kappa shape index (κ3) is 3.20. The lowest BCUT2D eigenvalue weighted by Gasteiger charge is -2.43. The van der Waals surface area contributed by atoms with Gasteiger partial charge >= 0.3 is 6.09 Å². The number of benzene rings is 1. The number of rotatable bonds is 2. The summed E-state index contributed by atoms with van der Waals surface area (Å²) >= 11 is 2.24. The van der Waals surface area contributed by atoms with E-state index in [1.54, 1.807) is 0 Å². The Kier molecular flexibility index (Phi) is 3.93. The van der Waals surface area contributed by atoms with Crippen molar-refractivity contribution >= 4 is 34.4 Å². The van der Waals surface area contributed by atoms with Gasteiger partial charge in [-0.3, -0.25) is 10.2 Å². The van der Waals surface area contributed by atoms with Gasteiger partial charge in [0.25, 0.3) is 0 Å². The number of anilines is 1. The second-order valence-electron chi connectivity index (χ2n) is 5.21. The molecule has 3 saturated heterocycles. The number of carbonyl (C=O) groups is 1. The van der Waals surface area contributed by atoms with Crippen molar-refractivity contribution in [3.8, 4) is 0 Å². The average Bonchev–Trinajstić information content (AvgIpc) is 2.43. The molecule has 5 heteroatoms. The van der Waals surface area contributed by atoms with Crippen LogP contribution in [0.15, 0.2) is 24.3 Å². The number of nitrogens with zero attached hydrogens (tertiary/aromatic N) is 1. The second-order valence-corrected chi connectivity index (χ2v) is 6.46. The van der Waals surface area contributed by atoms with Gasteiger partial charge in [-0.25, -0.2) is 4.79 Å². The van der Waals surface area contributed by atoms with Gasteiger partial charge in [0, 0.05) is 15.8 Å². The van der Waals surface area contributed by atoms with Crippen molar-refractivity contribution in [2.45, 2.75) is 18.9 Å². The first-order valence-electron chi connectivity index (χ1n) is 6.66. The van der Waals surface area contributed by atoms with Crippen molar-refractivity contribution < 1.29 is 9.53 Å². The van der Waals surface area contributed by atoms with Crippen LogP contribution in [0.1, 0.15) is 12.8 Å². The lowest BCUT2D eigenvalue weighted by molar-refractivity contribution is -0.0289. The first kappa shape index (κ1) is 13.2. The normalized spacial score (nSPS) is 29.0. The summed E-state index contributed by atoms with van der Waals surface area (Å²) in [7, 11) is 0. The number of carbonyl (C=O) groups excluding carboxylic acids is 1. The summed E-state index contributed by atoms with van der Waals surface area (Å²) in [6.07, 6.45) is 2.04. The van der Waals surface area contributed by atoms with Crippen LogP contribution in [0.2, 0.25) is 0 Å². The van der Waals surface area contributed by atoms with Crippen molar-refractivity contribution in [3.63, 3.8) is 0 Å². The smallest absolute Gasteiger partial charge is 0.411 e. The SMILES string of the molecule is O=C(Nc1ccc(I)cc1)OC1CN2CCC1CC2. The number of fused-ring (bicyclic) bond motifs is 3. The number of amides is 1. The van der Waals surface area contributed by atoms with E-state index in [-0.39, 0.29) is 12.2 Å². The van der Waals surface area contributed by atoms with Crippen molar-refractivity contribution in [1.29, 1.82) is 0 Å². The van der Waals surface area contributed by atoms with E-state index in [4.69, 9.17) is 4.74 Å². The molecule has 0 radical (unpaired) electrons. The molecule has 1 unspecified atom stereocenters. The molecule has 3 heterocycles. The Bertz CT molecular complexity index is 455. The van der Waals surface area contributed by atoms with E-state index in [0.29, 0.717) is 5.92 Å². The van der Waals surface area contributed by atoms with Crippen molar-refractivity contribution in [2.24, 2.45) is 5.92 Å². The molecule has 2 bridgehead atoms. The first-order chi connectivity index (χ1) is 9.20. The highest BCUT2D eigenvalue weighted by atomic mass is 127. The van der Waals surface area contributed by atoms with Gasteiger partial charge in [-0.1, -0.05) is 0 Å². The third-order valence-corrected chi connectivity index (χ3v) is 4.66. The Balaban J connectivity index is 1.55. The number of piperidine rings is 3. The summed E-state index contributed by atoms with van der Waals surface area (Å²) in [6.45, 7) is 3.21. The molecular weight excluding hydrogens is 355 g/mol. The highest BCUT2D eigenvalue weighted by Crippen LogP contribution is 2.29. The van der Waals surface area contributed by atoms with Crippen LogP contribution in [0.3, 0.4) is 0 Å². The molecule has 1 N–H and O–H groups in total. The van der Waals surface area contributed by atoms with Gasteiger partial charge in [0.1, 0.15) is 6.10 Å². The number of hydrogen-bond acceptors (Lipinski definition) is 3. The van der Waals surface area contributed by atoms with E-state index in [2.05, 4.69) is 32.8 Å². The topological polar surface area (TPSA) is 41.6 Å². The van der Waals surface area contributed by atoms with E-state index in [0.717, 1.165) is 41.7 Å². The fraction of sp³-hybridized carbons (Fsp3) is 0.500. The standard InChI is InChI=1S/C14H17IN2O2/c15-11-1-3-12(4-2-11)16-14(18)19-13-9-17-7-5-10(13)6-8-17/h1-4,10,13H,5-9H2,(H,16,18). The fourth-order valence-electron chi connectivity index (χ4n) is 2.86. The van der Waals surface area contributed by atoms with Gasteiger partial charge in [-0.15, -0.1) is 0 Å². The monoisotopic (exact) mass is 372 g/mol. The molecule has 0 aromatic heterocycles. The van der Waals surface area contributed by atoms with Gasteiger partial charge in [-0.05, 0) is 78.7 Å². The molecule has 3 aliphatic rings. The molecule has 1 atom stereocenters. The minimum atomic E-state index is -0.333. The minimum Gasteiger partial charge on any atom is -0.444 e. The van der Waals surface area contributed by atoms with E-state index >= 15 is 0 Å². The Morgan fingerprint density at radius 1 is 1.26 bits per heavy atom. The van der Waals surface area contributed by atoms with E-state index in [1.807, 2.05) is 24.3 Å². The number of halogens is 1. The molecule has 0 spiro atoms. The highest BCUT2D eigenvalue weighted by molar-refractivity contribution is 14.1. The summed E-state index contributed by atoms with van der Waals surface area (Å²) in [5, 5.41) is 2.79. The van der Waals surface area contributed by atoms with Crippen molar-refractivity contribution in [1.82, 2.24) is 4.90 Å². The molecular formula is C14H17IN2O2. The molecule has 19 heavy (non-hydrogen) atoms. The van der Waals surface area contributed by atoms with Crippen LogP contribution in [0.25, 0.3) is 0 Å². The van der Waals surface area contributed by atoms with Gasteiger partial charge < -0.3 is 4.74 Å². The van der Waals surface area contributed by atoms with Crippen LogP contribution in [-0.2, 0) is 4.74 Å².